The van der Waals surface area contributed by atoms with Crippen LogP contribution in [0, 0.1) is 6.92 Å². The van der Waals surface area contributed by atoms with E-state index in [4.69, 9.17) is 4.52 Å². The molecule has 0 fully saturated rings. The van der Waals surface area contributed by atoms with Gasteiger partial charge in [0.05, 0.1) is 5.33 Å². The zero-order valence-electron chi connectivity index (χ0n) is 8.00. The van der Waals surface area contributed by atoms with E-state index in [0.29, 0.717) is 17.0 Å². The molecule has 0 aliphatic rings. The highest BCUT2D eigenvalue weighted by atomic mass is 79.9. The van der Waals surface area contributed by atoms with E-state index in [1.54, 1.807) is 0 Å². The molecular formula is C10H8Br2N2O. The number of nitrogens with zero attached hydrogens (tertiary/aromatic N) is 2. The minimum atomic E-state index is 0.550. The molecule has 0 N–H and O–H groups in total. The lowest BCUT2D eigenvalue weighted by atomic mass is 10.1. The van der Waals surface area contributed by atoms with Crippen LogP contribution < -0.4 is 0 Å². The van der Waals surface area contributed by atoms with Crippen molar-refractivity contribution < 1.29 is 4.52 Å². The fraction of sp³-hybridized carbons (Fsp3) is 0.200. The molecule has 0 radical (unpaired) electrons. The summed E-state index contributed by atoms with van der Waals surface area (Å²) in [5.41, 5.74) is 2.08. The summed E-state index contributed by atoms with van der Waals surface area (Å²) in [5.74, 6) is 1.21. The summed E-state index contributed by atoms with van der Waals surface area (Å²) in [7, 11) is 0. The Morgan fingerprint density at radius 2 is 2.13 bits per heavy atom. The van der Waals surface area contributed by atoms with Crippen molar-refractivity contribution in [2.75, 3.05) is 0 Å². The molecule has 1 aromatic heterocycles. The van der Waals surface area contributed by atoms with Crippen LogP contribution in [0.3, 0.4) is 0 Å². The molecule has 78 valence electrons. The van der Waals surface area contributed by atoms with Gasteiger partial charge in [0.15, 0.2) is 5.82 Å². The Balaban J connectivity index is 2.44. The Labute approximate surface area is 104 Å². The van der Waals surface area contributed by atoms with Crippen molar-refractivity contribution in [1.82, 2.24) is 10.1 Å². The lowest BCUT2D eigenvalue weighted by Crippen LogP contribution is -1.82. The van der Waals surface area contributed by atoms with Crippen molar-refractivity contribution in [3.05, 3.63) is 34.1 Å². The van der Waals surface area contributed by atoms with Gasteiger partial charge in [0.2, 0.25) is 0 Å². The molecule has 0 aliphatic heterocycles. The standard InChI is InChI=1S/C10H8Br2N2O/c1-6-2-7(4-8(12)3-6)10-13-9(5-11)14-15-10/h2-4H,5H2,1H3. The third kappa shape index (κ3) is 2.46. The molecule has 2 rings (SSSR count). The van der Waals surface area contributed by atoms with Gasteiger partial charge in [-0.2, -0.15) is 4.98 Å². The van der Waals surface area contributed by atoms with Crippen molar-refractivity contribution in [2.24, 2.45) is 0 Å². The van der Waals surface area contributed by atoms with Gasteiger partial charge in [-0.15, -0.1) is 0 Å². The van der Waals surface area contributed by atoms with E-state index < -0.39 is 0 Å². The van der Waals surface area contributed by atoms with Gasteiger partial charge < -0.3 is 4.52 Å². The highest BCUT2D eigenvalue weighted by Crippen LogP contribution is 2.23. The molecule has 0 unspecified atom stereocenters. The maximum atomic E-state index is 5.14. The second-order valence-electron chi connectivity index (χ2n) is 3.17. The molecular weight excluding hydrogens is 324 g/mol. The Bertz CT molecular complexity index is 462. The molecule has 0 bridgehead atoms. The van der Waals surface area contributed by atoms with Crippen LogP contribution in [0.25, 0.3) is 11.5 Å². The lowest BCUT2D eigenvalue weighted by Gasteiger charge is -1.98. The van der Waals surface area contributed by atoms with Crippen LogP contribution in [0.1, 0.15) is 11.4 Å². The molecule has 1 aromatic carbocycles. The van der Waals surface area contributed by atoms with Crippen LogP contribution in [0.2, 0.25) is 0 Å². The Morgan fingerprint density at radius 1 is 1.33 bits per heavy atom. The Morgan fingerprint density at radius 3 is 2.73 bits per heavy atom. The molecule has 0 amide bonds. The second-order valence-corrected chi connectivity index (χ2v) is 4.64. The summed E-state index contributed by atoms with van der Waals surface area (Å²) >= 11 is 6.71. The maximum Gasteiger partial charge on any atom is 0.257 e. The minimum Gasteiger partial charge on any atom is -0.334 e. The third-order valence-electron chi connectivity index (χ3n) is 1.88. The van der Waals surface area contributed by atoms with Crippen molar-refractivity contribution in [3.8, 4) is 11.5 Å². The van der Waals surface area contributed by atoms with E-state index in [2.05, 4.69) is 42.0 Å². The first-order valence-electron chi connectivity index (χ1n) is 4.35. The molecule has 0 saturated carbocycles. The Hall–Kier alpha value is -0.680. The zero-order chi connectivity index (χ0) is 10.8. The number of aromatic nitrogens is 2. The average Bonchev–Trinajstić information content (AvgIpc) is 2.64. The normalized spacial score (nSPS) is 10.6. The van der Waals surface area contributed by atoms with Gasteiger partial charge in [-0.25, -0.2) is 0 Å². The van der Waals surface area contributed by atoms with Crippen molar-refractivity contribution in [3.63, 3.8) is 0 Å². The molecule has 5 heteroatoms. The summed E-state index contributed by atoms with van der Waals surface area (Å²) in [4.78, 5) is 4.24. The fourth-order valence-corrected chi connectivity index (χ4v) is 2.12. The molecule has 0 spiro atoms. The molecule has 0 aliphatic carbocycles. The quantitative estimate of drug-likeness (QED) is 0.787. The van der Waals surface area contributed by atoms with E-state index in [0.717, 1.165) is 15.6 Å². The molecule has 2 aromatic rings. The van der Waals surface area contributed by atoms with E-state index in [1.165, 1.54) is 0 Å². The highest BCUT2D eigenvalue weighted by Gasteiger charge is 2.08. The number of hydrogen-bond acceptors (Lipinski definition) is 3. The number of aryl methyl sites for hydroxylation is 1. The third-order valence-corrected chi connectivity index (χ3v) is 2.84. The predicted molar refractivity (Wildman–Crippen MR) is 64.8 cm³/mol. The van der Waals surface area contributed by atoms with Crippen LogP contribution >= 0.6 is 31.9 Å². The fourth-order valence-electron chi connectivity index (χ4n) is 1.29. The van der Waals surface area contributed by atoms with E-state index in [9.17, 15) is 0 Å². The van der Waals surface area contributed by atoms with Crippen molar-refractivity contribution in [1.29, 1.82) is 0 Å². The smallest absolute Gasteiger partial charge is 0.257 e. The van der Waals surface area contributed by atoms with Gasteiger partial charge in [-0.3, -0.25) is 0 Å². The van der Waals surface area contributed by atoms with E-state index in [1.807, 2.05) is 25.1 Å². The Kier molecular flexibility index (Phi) is 3.21. The zero-order valence-corrected chi connectivity index (χ0v) is 11.2. The molecule has 1 heterocycles. The topological polar surface area (TPSA) is 38.9 Å². The summed E-state index contributed by atoms with van der Waals surface area (Å²) in [6.45, 7) is 2.02. The van der Waals surface area contributed by atoms with Crippen LogP contribution in [0.5, 0.6) is 0 Å². The molecule has 0 atom stereocenters. The maximum absolute atomic E-state index is 5.14. The average molecular weight is 332 g/mol. The summed E-state index contributed by atoms with van der Waals surface area (Å²) in [5, 5.41) is 4.42. The van der Waals surface area contributed by atoms with Crippen LogP contribution in [-0.2, 0) is 5.33 Å². The van der Waals surface area contributed by atoms with Crippen molar-refractivity contribution >= 4 is 31.9 Å². The van der Waals surface area contributed by atoms with E-state index >= 15 is 0 Å². The van der Waals surface area contributed by atoms with E-state index in [-0.39, 0.29) is 0 Å². The molecule has 15 heavy (non-hydrogen) atoms. The van der Waals surface area contributed by atoms with Gasteiger partial charge >= 0.3 is 0 Å². The van der Waals surface area contributed by atoms with Gasteiger partial charge in [-0.1, -0.05) is 37.0 Å². The number of rotatable bonds is 2. The monoisotopic (exact) mass is 330 g/mol. The van der Waals surface area contributed by atoms with Gasteiger partial charge in [-0.05, 0) is 30.7 Å². The molecule has 0 saturated heterocycles. The van der Waals surface area contributed by atoms with Gasteiger partial charge in [0.25, 0.3) is 5.89 Å². The summed E-state index contributed by atoms with van der Waals surface area (Å²) in [6.07, 6.45) is 0. The van der Waals surface area contributed by atoms with Crippen LogP contribution in [0.4, 0.5) is 0 Å². The van der Waals surface area contributed by atoms with Gasteiger partial charge in [0, 0.05) is 10.0 Å². The number of benzene rings is 1. The number of halogens is 2. The minimum absolute atomic E-state index is 0.550. The van der Waals surface area contributed by atoms with Crippen molar-refractivity contribution in [2.45, 2.75) is 12.3 Å². The largest absolute Gasteiger partial charge is 0.334 e. The van der Waals surface area contributed by atoms with Crippen LogP contribution in [-0.4, -0.2) is 10.1 Å². The number of alkyl halides is 1. The summed E-state index contributed by atoms with van der Waals surface area (Å²) in [6, 6.07) is 6.00. The molecule has 3 nitrogen and oxygen atoms in total. The van der Waals surface area contributed by atoms with Gasteiger partial charge in [0.1, 0.15) is 0 Å². The SMILES string of the molecule is Cc1cc(Br)cc(-c2nc(CBr)no2)c1. The second kappa shape index (κ2) is 4.45. The lowest BCUT2D eigenvalue weighted by molar-refractivity contribution is 0.425. The summed E-state index contributed by atoms with van der Waals surface area (Å²) < 4.78 is 6.15. The highest BCUT2D eigenvalue weighted by molar-refractivity contribution is 9.10. The first-order valence-corrected chi connectivity index (χ1v) is 6.26. The van der Waals surface area contributed by atoms with Crippen LogP contribution in [0.15, 0.2) is 27.2 Å². The number of hydrogen-bond donors (Lipinski definition) is 0. The first-order chi connectivity index (χ1) is 7.19. The predicted octanol–water partition coefficient (Wildman–Crippen LogP) is 3.70. The first kappa shape index (κ1) is 10.8.